The smallest absolute Gasteiger partial charge is 0.297 e. The fraction of sp³-hybridized carbons (Fsp3) is 0. The van der Waals surface area contributed by atoms with Crippen molar-refractivity contribution in [1.29, 1.82) is 0 Å². The van der Waals surface area contributed by atoms with E-state index in [2.05, 4.69) is 0 Å². The fourth-order valence-corrected chi connectivity index (χ4v) is 1.32. The first-order valence-corrected chi connectivity index (χ1v) is 4.38. The normalized spacial score (nSPS) is 11.5. The summed E-state index contributed by atoms with van der Waals surface area (Å²) in [6.45, 7) is 0. The molecule has 0 aliphatic rings. The Balaban J connectivity index is 3.47. The Bertz CT molecular complexity index is 401. The Morgan fingerprint density at radius 1 is 1.42 bits per heavy atom. The van der Waals surface area contributed by atoms with Crippen molar-refractivity contribution in [3.63, 3.8) is 0 Å². The molecule has 1 rings (SSSR count). The van der Waals surface area contributed by atoms with Crippen molar-refractivity contribution in [2.75, 3.05) is 5.73 Å². The van der Waals surface area contributed by atoms with Gasteiger partial charge in [0.1, 0.15) is 4.90 Å². The molecule has 0 saturated heterocycles. The van der Waals surface area contributed by atoms with Crippen LogP contribution >= 0.6 is 0 Å². The molecule has 0 radical (unpaired) electrons. The number of rotatable bonds is 1. The molecule has 6 heteroatoms. The van der Waals surface area contributed by atoms with Crippen LogP contribution in [-0.4, -0.2) is 13.0 Å². The molecule has 0 amide bonds. The van der Waals surface area contributed by atoms with Crippen LogP contribution in [0, 0.1) is 5.82 Å². The van der Waals surface area contributed by atoms with Crippen LogP contribution in [0.1, 0.15) is 0 Å². The Kier molecular flexibility index (Phi) is 2.03. The molecule has 0 atom stereocenters. The van der Waals surface area contributed by atoms with E-state index >= 15 is 0 Å². The van der Waals surface area contributed by atoms with Gasteiger partial charge >= 0.3 is 0 Å². The second-order valence-corrected chi connectivity index (χ2v) is 3.52. The van der Waals surface area contributed by atoms with E-state index in [9.17, 15) is 12.8 Å². The molecule has 0 unspecified atom stereocenters. The Hall–Kier alpha value is -1.14. The summed E-state index contributed by atoms with van der Waals surface area (Å²) in [6, 6.07) is 3.37. The van der Waals surface area contributed by atoms with E-state index in [0.717, 1.165) is 6.07 Å². The van der Waals surface area contributed by atoms with E-state index in [0.29, 0.717) is 0 Å². The predicted molar refractivity (Wildman–Crippen MR) is 40.6 cm³/mol. The molecule has 0 spiro atoms. The first-order chi connectivity index (χ1) is 5.43. The van der Waals surface area contributed by atoms with E-state index in [4.69, 9.17) is 10.3 Å². The van der Waals surface area contributed by atoms with E-state index in [1.807, 2.05) is 0 Å². The van der Waals surface area contributed by atoms with Gasteiger partial charge in [0, 0.05) is 0 Å². The topological polar surface area (TPSA) is 80.4 Å². The molecule has 1 aromatic rings. The maximum atomic E-state index is 12.8. The van der Waals surface area contributed by atoms with Gasteiger partial charge in [-0.05, 0) is 12.1 Å². The SMILES string of the molecule is Nc1cccc(S(=O)(=O)O)c1F. The van der Waals surface area contributed by atoms with Crippen LogP contribution in [0.3, 0.4) is 0 Å². The van der Waals surface area contributed by atoms with Gasteiger partial charge in [-0.2, -0.15) is 8.42 Å². The van der Waals surface area contributed by atoms with Crippen molar-refractivity contribution in [2.24, 2.45) is 0 Å². The van der Waals surface area contributed by atoms with Gasteiger partial charge in [-0.15, -0.1) is 0 Å². The zero-order chi connectivity index (χ0) is 9.35. The van der Waals surface area contributed by atoms with Crippen LogP contribution in [0.2, 0.25) is 0 Å². The second-order valence-electron chi connectivity index (χ2n) is 2.13. The monoisotopic (exact) mass is 191 g/mol. The lowest BCUT2D eigenvalue weighted by atomic mass is 10.3. The van der Waals surface area contributed by atoms with Crippen molar-refractivity contribution in [3.8, 4) is 0 Å². The van der Waals surface area contributed by atoms with E-state index < -0.39 is 20.8 Å². The highest BCUT2D eigenvalue weighted by molar-refractivity contribution is 7.85. The largest absolute Gasteiger partial charge is 0.396 e. The molecule has 3 N–H and O–H groups in total. The molecule has 66 valence electrons. The summed E-state index contributed by atoms with van der Waals surface area (Å²) < 4.78 is 42.2. The Morgan fingerprint density at radius 3 is 2.42 bits per heavy atom. The second kappa shape index (κ2) is 2.72. The number of halogens is 1. The Labute approximate surface area is 68.6 Å². The van der Waals surface area contributed by atoms with Gasteiger partial charge in [-0.3, -0.25) is 4.55 Å². The molecule has 0 aromatic heterocycles. The summed E-state index contributed by atoms with van der Waals surface area (Å²) in [5.74, 6) is -1.12. The first kappa shape index (κ1) is 8.95. The summed E-state index contributed by atoms with van der Waals surface area (Å²) in [4.78, 5) is -0.803. The average molecular weight is 191 g/mol. The maximum Gasteiger partial charge on any atom is 0.297 e. The number of anilines is 1. The third-order valence-electron chi connectivity index (χ3n) is 1.27. The van der Waals surface area contributed by atoms with Crippen molar-refractivity contribution >= 4 is 15.8 Å². The highest BCUT2D eigenvalue weighted by Crippen LogP contribution is 2.18. The van der Waals surface area contributed by atoms with Crippen molar-refractivity contribution in [1.82, 2.24) is 0 Å². The third kappa shape index (κ3) is 1.54. The fourth-order valence-electron chi connectivity index (χ4n) is 0.727. The lowest BCUT2D eigenvalue weighted by Gasteiger charge is -2.00. The molecule has 0 aliphatic carbocycles. The van der Waals surface area contributed by atoms with Crippen LogP contribution in [-0.2, 0) is 10.1 Å². The summed E-state index contributed by atoms with van der Waals surface area (Å²) >= 11 is 0. The molecule has 0 saturated carbocycles. The minimum absolute atomic E-state index is 0.315. The van der Waals surface area contributed by atoms with Crippen LogP contribution in [0.5, 0.6) is 0 Å². The van der Waals surface area contributed by atoms with Gasteiger partial charge in [-0.1, -0.05) is 6.07 Å². The van der Waals surface area contributed by atoms with Gasteiger partial charge in [0.25, 0.3) is 10.1 Å². The number of hydrogen-bond donors (Lipinski definition) is 2. The molecular weight excluding hydrogens is 185 g/mol. The van der Waals surface area contributed by atoms with Crippen LogP contribution < -0.4 is 5.73 Å². The number of nitrogens with two attached hydrogens (primary N) is 1. The van der Waals surface area contributed by atoms with Crippen molar-refractivity contribution < 1.29 is 17.4 Å². The van der Waals surface area contributed by atoms with Gasteiger partial charge in [0.2, 0.25) is 0 Å². The summed E-state index contributed by atoms with van der Waals surface area (Å²) in [6.07, 6.45) is 0. The van der Waals surface area contributed by atoms with Gasteiger partial charge in [0.05, 0.1) is 5.69 Å². The van der Waals surface area contributed by atoms with E-state index in [1.165, 1.54) is 12.1 Å². The molecule has 4 nitrogen and oxygen atoms in total. The van der Waals surface area contributed by atoms with Gasteiger partial charge in [0.15, 0.2) is 5.82 Å². The standard InChI is InChI=1S/C6H6FNO3S/c7-6-4(8)2-1-3-5(6)12(9,10)11/h1-3H,8H2,(H,9,10,11). The van der Waals surface area contributed by atoms with Gasteiger partial charge < -0.3 is 5.73 Å². The van der Waals surface area contributed by atoms with Crippen LogP contribution in [0.15, 0.2) is 23.1 Å². The third-order valence-corrected chi connectivity index (χ3v) is 2.14. The first-order valence-electron chi connectivity index (χ1n) is 2.94. The van der Waals surface area contributed by atoms with E-state index in [-0.39, 0.29) is 5.69 Å². The van der Waals surface area contributed by atoms with Crippen LogP contribution in [0.4, 0.5) is 10.1 Å². The zero-order valence-electron chi connectivity index (χ0n) is 5.86. The minimum Gasteiger partial charge on any atom is -0.396 e. The summed E-state index contributed by atoms with van der Waals surface area (Å²) in [5.41, 5.74) is 4.75. The molecule has 0 fully saturated rings. The molecular formula is C6H6FNO3S. The van der Waals surface area contributed by atoms with Crippen molar-refractivity contribution in [2.45, 2.75) is 4.90 Å². The summed E-state index contributed by atoms with van der Waals surface area (Å²) in [7, 11) is -4.51. The zero-order valence-corrected chi connectivity index (χ0v) is 6.68. The lowest BCUT2D eigenvalue weighted by Crippen LogP contribution is -2.03. The van der Waals surface area contributed by atoms with Crippen LogP contribution in [0.25, 0.3) is 0 Å². The molecule has 12 heavy (non-hydrogen) atoms. The lowest BCUT2D eigenvalue weighted by molar-refractivity contribution is 0.474. The summed E-state index contributed by atoms with van der Waals surface area (Å²) in [5, 5.41) is 0. The highest BCUT2D eigenvalue weighted by Gasteiger charge is 2.16. The molecule has 0 heterocycles. The predicted octanol–water partition coefficient (Wildman–Crippen LogP) is 0.655. The molecule has 0 bridgehead atoms. The maximum absolute atomic E-state index is 12.8. The number of hydrogen-bond acceptors (Lipinski definition) is 3. The van der Waals surface area contributed by atoms with Crippen molar-refractivity contribution in [3.05, 3.63) is 24.0 Å². The average Bonchev–Trinajstić information content (AvgIpc) is 1.92. The van der Waals surface area contributed by atoms with E-state index in [1.54, 1.807) is 0 Å². The van der Waals surface area contributed by atoms with Gasteiger partial charge in [-0.25, -0.2) is 4.39 Å². The number of benzene rings is 1. The molecule has 1 aromatic carbocycles. The highest BCUT2D eigenvalue weighted by atomic mass is 32.2. The minimum atomic E-state index is -4.51. The Morgan fingerprint density at radius 2 is 2.00 bits per heavy atom. The number of nitrogen functional groups attached to an aromatic ring is 1. The quantitative estimate of drug-likeness (QED) is 0.504. The molecule has 0 aliphatic heterocycles.